The summed E-state index contributed by atoms with van der Waals surface area (Å²) >= 11 is 0. The van der Waals surface area contributed by atoms with E-state index in [4.69, 9.17) is 4.18 Å². The molecule has 6 N–H and O–H groups in total. The van der Waals surface area contributed by atoms with Gasteiger partial charge < -0.3 is 40.4 Å². The fraction of sp³-hybridized carbons (Fsp3) is 0.290. The molecule has 0 aliphatic carbocycles. The lowest BCUT2D eigenvalue weighted by molar-refractivity contribution is -0.138. The number of nitrogens with zero attached hydrogens (tertiary/aromatic N) is 2. The van der Waals surface area contributed by atoms with Gasteiger partial charge in [0.2, 0.25) is 0 Å². The molecule has 1 aliphatic rings. The number of carboxylic acid groups (broad SMARTS) is 4. The van der Waals surface area contributed by atoms with Gasteiger partial charge in [-0.25, -0.2) is 0 Å². The van der Waals surface area contributed by atoms with E-state index in [2.05, 4.69) is 0 Å². The first kappa shape index (κ1) is 34.5. The summed E-state index contributed by atoms with van der Waals surface area (Å²) in [6.07, 6.45) is -0.400. The second-order valence-electron chi connectivity index (χ2n) is 11.2. The number of aryl methyl sites for hydroxylation is 2. The Labute approximate surface area is 268 Å². The Balaban J connectivity index is 1.90. The van der Waals surface area contributed by atoms with Crippen molar-refractivity contribution >= 4 is 45.4 Å². The molecule has 0 fully saturated rings. The van der Waals surface area contributed by atoms with Gasteiger partial charge in [0, 0.05) is 18.4 Å². The Hall–Kier alpha value is -5.35. The summed E-state index contributed by atoms with van der Waals surface area (Å²) in [5.74, 6) is -6.18. The van der Waals surface area contributed by atoms with Crippen molar-refractivity contribution in [3.05, 3.63) is 76.3 Å². The second kappa shape index (κ2) is 13.2. The number of fused-ring (bicyclic) bond motifs is 1. The number of aliphatic carboxylic acids is 4. The Morgan fingerprint density at radius 2 is 1.06 bits per heavy atom. The molecule has 0 amide bonds. The van der Waals surface area contributed by atoms with Crippen molar-refractivity contribution in [1.82, 2.24) is 0 Å². The van der Waals surface area contributed by atoms with Gasteiger partial charge in [0.25, 0.3) is 10.1 Å². The third-order valence-electron chi connectivity index (χ3n) is 7.56. The molecular weight excluding hydrogens is 640 g/mol. The van der Waals surface area contributed by atoms with E-state index in [1.165, 1.54) is 50.2 Å². The van der Waals surface area contributed by atoms with Crippen LogP contribution in [0.1, 0.15) is 27.8 Å². The first-order valence-corrected chi connectivity index (χ1v) is 15.4. The Bertz CT molecular complexity index is 1750. The number of benzene rings is 3. The predicted octanol–water partition coefficient (Wildman–Crippen LogP) is 2.07. The molecule has 0 radical (unpaired) electrons. The summed E-state index contributed by atoms with van der Waals surface area (Å²) < 4.78 is 32.6. The van der Waals surface area contributed by atoms with Gasteiger partial charge in [0.15, 0.2) is 0 Å². The summed E-state index contributed by atoms with van der Waals surface area (Å²) in [4.78, 5) is 47.9. The molecule has 1 aliphatic heterocycles. The lowest BCUT2D eigenvalue weighted by Crippen LogP contribution is -2.35. The minimum Gasteiger partial charge on any atom is -0.505 e. The maximum Gasteiger partial charge on any atom is 0.323 e. The molecule has 0 aromatic heterocycles. The molecule has 250 valence electrons. The van der Waals surface area contributed by atoms with Gasteiger partial charge in [-0.05, 0) is 54.3 Å². The molecule has 3 aromatic carbocycles. The van der Waals surface area contributed by atoms with Gasteiger partial charge >= 0.3 is 23.9 Å². The van der Waals surface area contributed by atoms with E-state index in [9.17, 15) is 58.2 Å². The zero-order valence-electron chi connectivity index (χ0n) is 25.2. The van der Waals surface area contributed by atoms with Crippen LogP contribution in [0.15, 0.2) is 53.4 Å². The van der Waals surface area contributed by atoms with Crippen molar-refractivity contribution in [2.75, 3.05) is 36.0 Å². The molecule has 0 bridgehead atoms. The van der Waals surface area contributed by atoms with Crippen molar-refractivity contribution in [2.45, 2.75) is 37.2 Å². The third kappa shape index (κ3) is 7.56. The number of carboxylic acids is 4. The van der Waals surface area contributed by atoms with Gasteiger partial charge in [0.1, 0.15) is 48.2 Å². The molecule has 0 saturated carbocycles. The van der Waals surface area contributed by atoms with E-state index < -0.39 is 65.8 Å². The predicted molar refractivity (Wildman–Crippen MR) is 164 cm³/mol. The molecule has 0 spiro atoms. The van der Waals surface area contributed by atoms with Crippen LogP contribution in [0.5, 0.6) is 11.5 Å². The maximum atomic E-state index is 13.3. The minimum absolute atomic E-state index is 0.116. The van der Waals surface area contributed by atoms with Crippen molar-refractivity contribution in [1.29, 1.82) is 0 Å². The summed E-state index contributed by atoms with van der Waals surface area (Å²) in [6.45, 7) is -0.0462. The van der Waals surface area contributed by atoms with Gasteiger partial charge in [-0.1, -0.05) is 30.3 Å². The SMILES string of the molecule is Cc1cc(CC2(Cc3cc(C)c(O)c(N(CC(=O)O)CC(=O)O)c3)OS(=O)(=O)c3ccccc32)cc(N(CC(=O)O)CC(=O)O)c1O. The molecule has 47 heavy (non-hydrogen) atoms. The average Bonchev–Trinajstić information content (AvgIpc) is 3.16. The summed E-state index contributed by atoms with van der Waals surface area (Å²) in [7, 11) is -4.34. The highest BCUT2D eigenvalue weighted by Gasteiger charge is 2.49. The van der Waals surface area contributed by atoms with Gasteiger partial charge in [0.05, 0.1) is 11.4 Å². The zero-order chi connectivity index (χ0) is 34.8. The Morgan fingerprint density at radius 1 is 0.681 bits per heavy atom. The van der Waals surface area contributed by atoms with E-state index in [0.717, 1.165) is 9.80 Å². The molecule has 3 aromatic rings. The summed E-state index contributed by atoms with van der Waals surface area (Å²) in [5.41, 5.74) is -0.503. The lowest BCUT2D eigenvalue weighted by atomic mass is 9.81. The third-order valence-corrected chi connectivity index (χ3v) is 9.00. The van der Waals surface area contributed by atoms with Crippen LogP contribution in [-0.2, 0) is 51.9 Å². The van der Waals surface area contributed by atoms with E-state index in [-0.39, 0.29) is 57.3 Å². The molecule has 15 nitrogen and oxygen atoms in total. The van der Waals surface area contributed by atoms with Gasteiger partial charge in [-0.15, -0.1) is 0 Å². The largest absolute Gasteiger partial charge is 0.505 e. The number of phenols is 2. The van der Waals surface area contributed by atoms with E-state index in [1.54, 1.807) is 12.1 Å². The maximum absolute atomic E-state index is 13.3. The molecule has 0 unspecified atom stereocenters. The smallest absolute Gasteiger partial charge is 0.323 e. The highest BCUT2D eigenvalue weighted by molar-refractivity contribution is 7.87. The van der Waals surface area contributed by atoms with Crippen molar-refractivity contribution in [3.63, 3.8) is 0 Å². The number of aromatic hydroxyl groups is 2. The summed E-state index contributed by atoms with van der Waals surface area (Å²) in [6, 6.07) is 11.7. The van der Waals surface area contributed by atoms with E-state index in [0.29, 0.717) is 11.1 Å². The summed E-state index contributed by atoms with van der Waals surface area (Å²) in [5, 5.41) is 59.2. The van der Waals surface area contributed by atoms with Crippen LogP contribution in [0.25, 0.3) is 0 Å². The molecule has 0 atom stereocenters. The molecular formula is C31H32N2O13S. The highest BCUT2D eigenvalue weighted by Crippen LogP contribution is 2.47. The van der Waals surface area contributed by atoms with Crippen LogP contribution in [0, 0.1) is 13.8 Å². The Kier molecular flexibility index (Phi) is 9.68. The van der Waals surface area contributed by atoms with Crippen LogP contribution < -0.4 is 9.80 Å². The van der Waals surface area contributed by atoms with Crippen molar-refractivity contribution in [2.24, 2.45) is 0 Å². The minimum atomic E-state index is -4.34. The fourth-order valence-corrected chi connectivity index (χ4v) is 7.28. The molecule has 4 rings (SSSR count). The van der Waals surface area contributed by atoms with E-state index >= 15 is 0 Å². The normalized spacial score (nSPS) is 14.3. The molecule has 16 heteroatoms. The van der Waals surface area contributed by atoms with Crippen molar-refractivity contribution in [3.8, 4) is 11.5 Å². The Morgan fingerprint density at radius 3 is 1.45 bits per heavy atom. The molecule has 0 saturated heterocycles. The van der Waals surface area contributed by atoms with Gasteiger partial charge in [-0.2, -0.15) is 8.42 Å². The average molecular weight is 673 g/mol. The number of phenolic OH excluding ortho intramolecular Hbond substituents is 2. The number of anilines is 2. The first-order valence-electron chi connectivity index (χ1n) is 14.0. The van der Waals surface area contributed by atoms with E-state index in [1.807, 2.05) is 0 Å². The van der Waals surface area contributed by atoms with Crippen LogP contribution in [-0.4, -0.2) is 89.1 Å². The monoisotopic (exact) mass is 672 g/mol. The zero-order valence-corrected chi connectivity index (χ0v) is 26.0. The fourth-order valence-electron chi connectivity index (χ4n) is 5.79. The standard InChI is InChI=1S/C31H32N2O13S/c1-17-7-19(9-22(29(17)42)32(13-25(34)35)14-26(36)37)11-31(21-5-3-4-6-24(21)47(44,45)46-31)12-20-8-18(2)30(43)23(10-20)33(15-27(38)39)16-28(40)41/h3-10,42-43H,11-16H2,1-2H3,(H,34,35)(H,36,37)(H,38,39)(H,40,41). The topological polar surface area (TPSA) is 240 Å². The number of hydrogen-bond donors (Lipinski definition) is 6. The van der Waals surface area contributed by atoms with Crippen molar-refractivity contribution < 1.29 is 62.4 Å². The quantitative estimate of drug-likeness (QED) is 0.134. The van der Waals surface area contributed by atoms with Gasteiger partial charge in [-0.3, -0.25) is 23.4 Å². The van der Waals surface area contributed by atoms with Crippen LogP contribution in [0.4, 0.5) is 11.4 Å². The second-order valence-corrected chi connectivity index (χ2v) is 12.7. The number of hydrogen-bond acceptors (Lipinski definition) is 11. The molecule has 1 heterocycles. The number of rotatable bonds is 14. The first-order chi connectivity index (χ1) is 21.9. The van der Waals surface area contributed by atoms with Crippen LogP contribution in [0.2, 0.25) is 0 Å². The van der Waals surface area contributed by atoms with Crippen LogP contribution >= 0.6 is 0 Å². The highest BCUT2D eigenvalue weighted by atomic mass is 32.2. The number of carbonyl (C=O) groups is 4. The lowest BCUT2D eigenvalue weighted by Gasteiger charge is -2.31. The van der Waals surface area contributed by atoms with Crippen LogP contribution in [0.3, 0.4) is 0 Å².